The molecule has 0 radical (unpaired) electrons. The monoisotopic (exact) mass is 407 g/mol. The Morgan fingerprint density at radius 3 is 2.70 bits per heavy atom. The van der Waals surface area contributed by atoms with Gasteiger partial charge >= 0.3 is 0 Å². The van der Waals surface area contributed by atoms with E-state index in [9.17, 15) is 4.79 Å². The van der Waals surface area contributed by atoms with Gasteiger partial charge < -0.3 is 9.80 Å². The van der Waals surface area contributed by atoms with Gasteiger partial charge in [-0.2, -0.15) is 0 Å². The van der Waals surface area contributed by atoms with Crippen molar-refractivity contribution in [2.24, 2.45) is 5.92 Å². The number of aromatic nitrogens is 3. The number of carbonyl (C=O) groups excluding carboxylic acids is 1. The highest BCUT2D eigenvalue weighted by Gasteiger charge is 2.28. The number of pyridine rings is 1. The van der Waals surface area contributed by atoms with E-state index < -0.39 is 0 Å². The molecule has 2 aromatic rings. The maximum Gasteiger partial charge on any atom is 0.222 e. The zero-order chi connectivity index (χ0) is 20.9. The van der Waals surface area contributed by atoms with Crippen LogP contribution in [0.5, 0.6) is 0 Å². The maximum absolute atomic E-state index is 13.0. The Morgan fingerprint density at radius 2 is 1.97 bits per heavy atom. The minimum absolute atomic E-state index is 0.256. The zero-order valence-corrected chi connectivity index (χ0v) is 18.3. The second-order valence-corrected chi connectivity index (χ2v) is 9.00. The number of likely N-dealkylation sites (tertiary alicyclic amines) is 1. The van der Waals surface area contributed by atoms with Crippen LogP contribution in [0.1, 0.15) is 63.0 Å². The van der Waals surface area contributed by atoms with Gasteiger partial charge in [-0.15, -0.1) is 0 Å². The molecule has 4 rings (SSSR count). The molecular formula is C24H33N5O. The quantitative estimate of drug-likeness (QED) is 0.740. The Balaban J connectivity index is 1.52. The standard InChI is InChI=1S/C24H33N5O/c1-28(2)22-15-21(26-24(27-22)19-10-6-12-25-16-19)20-11-7-13-29(17-20)23(30)14-18-8-4-3-5-9-18/h6,10,12,15-16,18,20H,3-5,7-9,11,13-14,17H2,1-2H3. The third-order valence-electron chi connectivity index (χ3n) is 6.49. The Morgan fingerprint density at radius 1 is 1.13 bits per heavy atom. The summed E-state index contributed by atoms with van der Waals surface area (Å²) >= 11 is 0. The molecule has 2 aromatic heterocycles. The maximum atomic E-state index is 13.0. The number of piperidine rings is 1. The van der Waals surface area contributed by atoms with Crippen molar-refractivity contribution in [3.05, 3.63) is 36.3 Å². The molecule has 1 aliphatic heterocycles. The van der Waals surface area contributed by atoms with Gasteiger partial charge in [-0.05, 0) is 43.7 Å². The number of nitrogens with zero attached hydrogens (tertiary/aromatic N) is 5. The molecule has 1 saturated heterocycles. The van der Waals surface area contributed by atoms with Gasteiger partial charge in [0.2, 0.25) is 5.91 Å². The van der Waals surface area contributed by atoms with Gasteiger partial charge in [0.05, 0.1) is 5.69 Å². The van der Waals surface area contributed by atoms with E-state index >= 15 is 0 Å². The van der Waals surface area contributed by atoms with Crippen LogP contribution >= 0.6 is 0 Å². The summed E-state index contributed by atoms with van der Waals surface area (Å²) in [6.45, 7) is 1.64. The molecule has 160 valence electrons. The molecule has 6 heteroatoms. The van der Waals surface area contributed by atoms with Crippen LogP contribution in [-0.2, 0) is 4.79 Å². The number of hydrogen-bond acceptors (Lipinski definition) is 5. The summed E-state index contributed by atoms with van der Waals surface area (Å²) in [6, 6.07) is 5.99. The molecule has 2 fully saturated rings. The zero-order valence-electron chi connectivity index (χ0n) is 18.3. The number of hydrogen-bond donors (Lipinski definition) is 0. The fraction of sp³-hybridized carbons (Fsp3) is 0.583. The molecule has 1 unspecified atom stereocenters. The number of rotatable bonds is 5. The van der Waals surface area contributed by atoms with E-state index in [4.69, 9.17) is 9.97 Å². The molecule has 6 nitrogen and oxygen atoms in total. The van der Waals surface area contributed by atoms with Gasteiger partial charge in [0.25, 0.3) is 0 Å². The summed E-state index contributed by atoms with van der Waals surface area (Å²) in [6.07, 6.45) is 12.7. The first kappa shape index (κ1) is 20.8. The Kier molecular flexibility index (Phi) is 6.60. The molecule has 0 spiro atoms. The van der Waals surface area contributed by atoms with E-state index in [1.807, 2.05) is 31.1 Å². The van der Waals surface area contributed by atoms with Gasteiger partial charge in [-0.25, -0.2) is 9.97 Å². The first-order chi connectivity index (χ1) is 14.6. The van der Waals surface area contributed by atoms with Gasteiger partial charge in [0.15, 0.2) is 5.82 Å². The van der Waals surface area contributed by atoms with E-state index in [1.54, 1.807) is 12.4 Å². The van der Waals surface area contributed by atoms with E-state index in [2.05, 4.69) is 16.0 Å². The second-order valence-electron chi connectivity index (χ2n) is 9.00. The molecule has 0 N–H and O–H groups in total. The molecular weight excluding hydrogens is 374 g/mol. The summed E-state index contributed by atoms with van der Waals surface area (Å²) in [5.41, 5.74) is 1.95. The largest absolute Gasteiger partial charge is 0.363 e. The van der Waals surface area contributed by atoms with Crippen molar-refractivity contribution in [3.63, 3.8) is 0 Å². The average molecular weight is 408 g/mol. The normalized spacial score (nSPS) is 20.2. The molecule has 1 atom stereocenters. The Labute approximate surface area is 179 Å². The van der Waals surface area contributed by atoms with Crippen LogP contribution in [0, 0.1) is 5.92 Å². The highest BCUT2D eigenvalue weighted by molar-refractivity contribution is 5.76. The van der Waals surface area contributed by atoms with Crippen LogP contribution in [0.15, 0.2) is 30.6 Å². The lowest BCUT2D eigenvalue weighted by atomic mass is 9.86. The van der Waals surface area contributed by atoms with Gasteiger partial charge in [-0.3, -0.25) is 9.78 Å². The minimum atomic E-state index is 0.256. The lowest BCUT2D eigenvalue weighted by molar-refractivity contribution is -0.133. The number of anilines is 1. The van der Waals surface area contributed by atoms with Gasteiger partial charge in [0, 0.05) is 63.5 Å². The van der Waals surface area contributed by atoms with Crippen molar-refractivity contribution in [2.75, 3.05) is 32.1 Å². The number of carbonyl (C=O) groups is 1. The van der Waals surface area contributed by atoms with E-state index in [0.29, 0.717) is 17.6 Å². The SMILES string of the molecule is CN(C)c1cc(C2CCCN(C(=O)CC3CCCCC3)C2)nc(-c2cccnc2)n1. The predicted octanol–water partition coefficient (Wildman–Crippen LogP) is 4.28. The topological polar surface area (TPSA) is 62.2 Å². The molecule has 1 saturated carbocycles. The fourth-order valence-corrected chi connectivity index (χ4v) is 4.73. The first-order valence-corrected chi connectivity index (χ1v) is 11.3. The molecule has 2 aliphatic rings. The van der Waals surface area contributed by atoms with Crippen LogP contribution < -0.4 is 4.90 Å². The molecule has 3 heterocycles. The summed E-state index contributed by atoms with van der Waals surface area (Å²) in [5, 5.41) is 0. The Hall–Kier alpha value is -2.50. The van der Waals surface area contributed by atoms with Crippen LogP contribution in [-0.4, -0.2) is 52.9 Å². The van der Waals surface area contributed by atoms with Crippen molar-refractivity contribution in [3.8, 4) is 11.4 Å². The third-order valence-corrected chi connectivity index (χ3v) is 6.49. The summed E-state index contributed by atoms with van der Waals surface area (Å²) in [7, 11) is 4.00. The van der Waals surface area contributed by atoms with E-state index in [0.717, 1.165) is 49.4 Å². The van der Waals surface area contributed by atoms with Crippen molar-refractivity contribution in [1.82, 2.24) is 19.9 Å². The summed E-state index contributed by atoms with van der Waals surface area (Å²) < 4.78 is 0. The van der Waals surface area contributed by atoms with E-state index in [-0.39, 0.29) is 5.92 Å². The smallest absolute Gasteiger partial charge is 0.222 e. The van der Waals surface area contributed by atoms with Gasteiger partial charge in [0.1, 0.15) is 5.82 Å². The average Bonchev–Trinajstić information content (AvgIpc) is 2.80. The van der Waals surface area contributed by atoms with E-state index in [1.165, 1.54) is 32.1 Å². The van der Waals surface area contributed by atoms with Crippen LogP contribution in [0.4, 0.5) is 5.82 Å². The lowest BCUT2D eigenvalue weighted by Crippen LogP contribution is -2.40. The molecule has 0 bridgehead atoms. The summed E-state index contributed by atoms with van der Waals surface area (Å²) in [4.78, 5) is 30.9. The van der Waals surface area contributed by atoms with Crippen LogP contribution in [0.25, 0.3) is 11.4 Å². The second kappa shape index (κ2) is 9.54. The molecule has 30 heavy (non-hydrogen) atoms. The van der Waals surface area contributed by atoms with Crippen LogP contribution in [0.2, 0.25) is 0 Å². The highest BCUT2D eigenvalue weighted by atomic mass is 16.2. The number of amides is 1. The van der Waals surface area contributed by atoms with Crippen molar-refractivity contribution >= 4 is 11.7 Å². The van der Waals surface area contributed by atoms with Crippen LogP contribution in [0.3, 0.4) is 0 Å². The molecule has 0 aromatic carbocycles. The van der Waals surface area contributed by atoms with Crippen molar-refractivity contribution in [1.29, 1.82) is 0 Å². The first-order valence-electron chi connectivity index (χ1n) is 11.3. The highest BCUT2D eigenvalue weighted by Crippen LogP contribution is 2.31. The summed E-state index contributed by atoms with van der Waals surface area (Å²) in [5.74, 6) is 2.77. The van der Waals surface area contributed by atoms with Crippen molar-refractivity contribution in [2.45, 2.75) is 57.3 Å². The predicted molar refractivity (Wildman–Crippen MR) is 119 cm³/mol. The Bertz CT molecular complexity index is 848. The fourth-order valence-electron chi connectivity index (χ4n) is 4.73. The van der Waals surface area contributed by atoms with Crippen molar-refractivity contribution < 1.29 is 4.79 Å². The lowest BCUT2D eigenvalue weighted by Gasteiger charge is -2.34. The third kappa shape index (κ3) is 4.97. The van der Waals surface area contributed by atoms with Gasteiger partial charge in [-0.1, -0.05) is 19.3 Å². The molecule has 1 aliphatic carbocycles. The molecule has 1 amide bonds. The minimum Gasteiger partial charge on any atom is -0.363 e.